The van der Waals surface area contributed by atoms with E-state index in [2.05, 4.69) is 20.4 Å². The summed E-state index contributed by atoms with van der Waals surface area (Å²) in [5, 5.41) is 10.7. The summed E-state index contributed by atoms with van der Waals surface area (Å²) in [6, 6.07) is 0. The van der Waals surface area contributed by atoms with E-state index in [0.717, 1.165) is 44.7 Å². The van der Waals surface area contributed by atoms with Crippen molar-refractivity contribution in [1.82, 2.24) is 20.4 Å². The van der Waals surface area contributed by atoms with Crippen LogP contribution in [0.3, 0.4) is 0 Å². The number of rotatable bonds is 3. The molecule has 2 heterocycles. The minimum atomic E-state index is 0.681. The Labute approximate surface area is 88.6 Å². The largest absolute Gasteiger partial charge is 0.314 e. The minimum Gasteiger partial charge on any atom is -0.314 e. The number of nitrogens with one attached hydrogen (secondary N) is 2. The number of nitrogens with zero attached hydrogens (tertiary/aromatic N) is 2. The Morgan fingerprint density at radius 3 is 2.86 bits per heavy atom. The van der Waals surface area contributed by atoms with Crippen LogP contribution in [-0.2, 0) is 6.42 Å². The first-order valence-corrected chi connectivity index (χ1v) is 5.35. The van der Waals surface area contributed by atoms with Gasteiger partial charge in [0.25, 0.3) is 0 Å². The molecule has 2 rings (SSSR count). The molecule has 1 fully saturated rings. The Morgan fingerprint density at radius 1 is 1.43 bits per heavy atom. The van der Waals surface area contributed by atoms with Crippen LogP contribution in [0, 0.1) is 0 Å². The second-order valence-electron chi connectivity index (χ2n) is 3.55. The van der Waals surface area contributed by atoms with E-state index >= 15 is 0 Å². The molecule has 2 N–H and O–H groups in total. The monoisotopic (exact) mass is 214 g/mol. The van der Waals surface area contributed by atoms with Crippen LogP contribution in [0.5, 0.6) is 0 Å². The average Bonchev–Trinajstić information content (AvgIpc) is 2.63. The standard InChI is InChI=1S/C9H15ClN4/c10-9-8(7-12-13-9)1-4-14-5-2-11-3-6-14/h7,11H,1-6H2,(H,12,13). The molecule has 0 radical (unpaired) electrons. The normalized spacial score (nSPS) is 18.6. The quantitative estimate of drug-likeness (QED) is 0.771. The van der Waals surface area contributed by atoms with Crippen molar-refractivity contribution in [2.75, 3.05) is 32.7 Å². The molecule has 14 heavy (non-hydrogen) atoms. The van der Waals surface area contributed by atoms with E-state index in [4.69, 9.17) is 11.6 Å². The predicted octanol–water partition coefficient (Wildman–Crippen LogP) is 0.511. The predicted molar refractivity (Wildman–Crippen MR) is 56.6 cm³/mol. The lowest BCUT2D eigenvalue weighted by molar-refractivity contribution is 0.244. The maximum absolute atomic E-state index is 5.91. The highest BCUT2D eigenvalue weighted by Crippen LogP contribution is 2.11. The molecule has 1 saturated heterocycles. The van der Waals surface area contributed by atoms with E-state index in [9.17, 15) is 0 Å². The topological polar surface area (TPSA) is 44.0 Å². The maximum Gasteiger partial charge on any atom is 0.127 e. The van der Waals surface area contributed by atoms with Gasteiger partial charge in [0.2, 0.25) is 0 Å². The highest BCUT2D eigenvalue weighted by atomic mass is 35.5. The van der Waals surface area contributed by atoms with Crippen LogP contribution in [0.2, 0.25) is 5.15 Å². The van der Waals surface area contributed by atoms with Gasteiger partial charge in [0, 0.05) is 38.3 Å². The van der Waals surface area contributed by atoms with Gasteiger partial charge in [-0.3, -0.25) is 5.10 Å². The zero-order valence-electron chi connectivity index (χ0n) is 8.09. The van der Waals surface area contributed by atoms with E-state index in [0.29, 0.717) is 5.15 Å². The van der Waals surface area contributed by atoms with Crippen molar-refractivity contribution in [3.63, 3.8) is 0 Å². The molecule has 1 aromatic rings. The molecular formula is C9H15ClN4. The molecule has 0 aliphatic carbocycles. The molecule has 4 nitrogen and oxygen atoms in total. The van der Waals surface area contributed by atoms with Crippen LogP contribution >= 0.6 is 11.6 Å². The summed E-state index contributed by atoms with van der Waals surface area (Å²) in [5.74, 6) is 0. The van der Waals surface area contributed by atoms with Gasteiger partial charge in [-0.05, 0) is 6.42 Å². The second-order valence-corrected chi connectivity index (χ2v) is 3.93. The summed E-state index contributed by atoms with van der Waals surface area (Å²) in [6.45, 7) is 5.53. The summed E-state index contributed by atoms with van der Waals surface area (Å²) in [6.07, 6.45) is 2.79. The van der Waals surface area contributed by atoms with Crippen LogP contribution in [0.15, 0.2) is 6.20 Å². The van der Waals surface area contributed by atoms with Crippen molar-refractivity contribution < 1.29 is 0 Å². The number of aromatic amines is 1. The van der Waals surface area contributed by atoms with Crippen molar-refractivity contribution >= 4 is 11.6 Å². The van der Waals surface area contributed by atoms with Gasteiger partial charge in [-0.1, -0.05) is 11.6 Å². The third-order valence-electron chi connectivity index (χ3n) is 2.57. The third-order valence-corrected chi connectivity index (χ3v) is 2.90. The Balaban J connectivity index is 1.79. The van der Waals surface area contributed by atoms with Crippen LogP contribution in [0.1, 0.15) is 5.56 Å². The second kappa shape index (κ2) is 4.77. The number of hydrogen-bond donors (Lipinski definition) is 2. The van der Waals surface area contributed by atoms with Crippen molar-refractivity contribution in [1.29, 1.82) is 0 Å². The van der Waals surface area contributed by atoms with Gasteiger partial charge >= 0.3 is 0 Å². The van der Waals surface area contributed by atoms with Gasteiger partial charge in [0.1, 0.15) is 5.15 Å². The van der Waals surface area contributed by atoms with Gasteiger partial charge in [0.15, 0.2) is 0 Å². The first-order valence-electron chi connectivity index (χ1n) is 4.97. The Hall–Kier alpha value is -0.580. The molecule has 78 valence electrons. The summed E-state index contributed by atoms with van der Waals surface area (Å²) in [4.78, 5) is 2.44. The summed E-state index contributed by atoms with van der Waals surface area (Å²) >= 11 is 5.91. The van der Waals surface area contributed by atoms with Crippen LogP contribution in [0.4, 0.5) is 0 Å². The van der Waals surface area contributed by atoms with Crippen molar-refractivity contribution in [3.8, 4) is 0 Å². The van der Waals surface area contributed by atoms with E-state index < -0.39 is 0 Å². The van der Waals surface area contributed by atoms with Crippen molar-refractivity contribution in [2.24, 2.45) is 0 Å². The van der Waals surface area contributed by atoms with Crippen LogP contribution in [-0.4, -0.2) is 47.8 Å². The summed E-state index contributed by atoms with van der Waals surface area (Å²) in [5.41, 5.74) is 1.12. The molecule has 0 spiro atoms. The van der Waals surface area contributed by atoms with Gasteiger partial charge in [0.05, 0.1) is 6.20 Å². The van der Waals surface area contributed by atoms with Crippen molar-refractivity contribution in [2.45, 2.75) is 6.42 Å². The Bertz CT molecular complexity index is 280. The van der Waals surface area contributed by atoms with Gasteiger partial charge < -0.3 is 10.2 Å². The molecule has 1 aliphatic heterocycles. The van der Waals surface area contributed by atoms with Gasteiger partial charge in [-0.15, -0.1) is 0 Å². The van der Waals surface area contributed by atoms with Crippen molar-refractivity contribution in [3.05, 3.63) is 16.9 Å². The van der Waals surface area contributed by atoms with E-state index in [1.165, 1.54) is 0 Å². The number of aromatic nitrogens is 2. The molecule has 0 bridgehead atoms. The lowest BCUT2D eigenvalue weighted by Gasteiger charge is -2.26. The number of hydrogen-bond acceptors (Lipinski definition) is 3. The first-order chi connectivity index (χ1) is 6.86. The highest BCUT2D eigenvalue weighted by Gasteiger charge is 2.10. The zero-order chi connectivity index (χ0) is 9.80. The molecule has 5 heteroatoms. The lowest BCUT2D eigenvalue weighted by atomic mass is 10.2. The molecule has 1 aromatic heterocycles. The molecule has 0 saturated carbocycles. The number of halogens is 1. The third kappa shape index (κ3) is 2.47. The van der Waals surface area contributed by atoms with Gasteiger partial charge in [-0.25, -0.2) is 0 Å². The van der Waals surface area contributed by atoms with Gasteiger partial charge in [-0.2, -0.15) is 5.10 Å². The Morgan fingerprint density at radius 2 is 2.21 bits per heavy atom. The fraction of sp³-hybridized carbons (Fsp3) is 0.667. The minimum absolute atomic E-state index is 0.681. The fourth-order valence-electron chi connectivity index (χ4n) is 1.68. The summed E-state index contributed by atoms with van der Waals surface area (Å²) in [7, 11) is 0. The van der Waals surface area contributed by atoms with E-state index in [-0.39, 0.29) is 0 Å². The number of piperazine rings is 1. The molecule has 0 unspecified atom stereocenters. The number of H-pyrrole nitrogens is 1. The Kier molecular flexibility index (Phi) is 3.39. The lowest BCUT2D eigenvalue weighted by Crippen LogP contribution is -2.44. The zero-order valence-corrected chi connectivity index (χ0v) is 8.85. The average molecular weight is 215 g/mol. The van der Waals surface area contributed by atoms with Crippen LogP contribution in [0.25, 0.3) is 0 Å². The van der Waals surface area contributed by atoms with Crippen LogP contribution < -0.4 is 5.32 Å². The molecule has 1 aliphatic rings. The summed E-state index contributed by atoms with van der Waals surface area (Å²) < 4.78 is 0. The fourth-order valence-corrected chi connectivity index (χ4v) is 1.88. The highest BCUT2D eigenvalue weighted by molar-refractivity contribution is 6.30. The maximum atomic E-state index is 5.91. The SMILES string of the molecule is Clc1[nH]ncc1CCN1CCNCC1. The molecule has 0 atom stereocenters. The smallest absolute Gasteiger partial charge is 0.127 e. The van der Waals surface area contributed by atoms with E-state index in [1.807, 2.05) is 6.20 Å². The first kappa shape index (κ1) is 9.96. The molecular weight excluding hydrogens is 200 g/mol. The molecule has 0 aromatic carbocycles. The molecule has 0 amide bonds. The van der Waals surface area contributed by atoms with E-state index in [1.54, 1.807) is 0 Å².